The molecule has 0 aliphatic rings. The van der Waals surface area contributed by atoms with Gasteiger partial charge >= 0.3 is 6.18 Å². The van der Waals surface area contributed by atoms with Crippen LogP contribution in [-0.2, 0) is 16.2 Å². The van der Waals surface area contributed by atoms with Gasteiger partial charge in [0, 0.05) is 11.1 Å². The van der Waals surface area contributed by atoms with Crippen molar-refractivity contribution in [2.45, 2.75) is 24.9 Å². The van der Waals surface area contributed by atoms with E-state index in [4.69, 9.17) is 0 Å². The Kier molecular flexibility index (Phi) is 3.71. The molecule has 2 aromatic carbocycles. The van der Waals surface area contributed by atoms with Gasteiger partial charge in [-0.1, -0.05) is 18.2 Å². The summed E-state index contributed by atoms with van der Waals surface area (Å²) in [6.07, 6.45) is -4.54. The van der Waals surface area contributed by atoms with Crippen LogP contribution in [0.3, 0.4) is 0 Å². The zero-order chi connectivity index (χ0) is 17.7. The Hall–Kier alpha value is -2.28. The van der Waals surface area contributed by atoms with E-state index in [-0.39, 0.29) is 16.0 Å². The number of aryl methyl sites for hydroxylation is 2. The third-order valence-corrected chi connectivity index (χ3v) is 5.70. The highest BCUT2D eigenvalue weighted by Crippen LogP contribution is 2.36. The molecule has 7 heteroatoms. The fourth-order valence-electron chi connectivity index (χ4n) is 2.81. The van der Waals surface area contributed by atoms with Crippen molar-refractivity contribution in [3.63, 3.8) is 0 Å². The second-order valence-corrected chi connectivity index (χ2v) is 7.38. The topological polar surface area (TPSA) is 39.1 Å². The maximum absolute atomic E-state index is 13.2. The lowest BCUT2D eigenvalue weighted by Gasteiger charge is -2.13. The van der Waals surface area contributed by atoms with E-state index < -0.39 is 21.8 Å². The van der Waals surface area contributed by atoms with Crippen molar-refractivity contribution in [1.82, 2.24) is 3.97 Å². The van der Waals surface area contributed by atoms with E-state index >= 15 is 0 Å². The van der Waals surface area contributed by atoms with Gasteiger partial charge in [-0.05, 0) is 49.7 Å². The molecule has 24 heavy (non-hydrogen) atoms. The minimum Gasteiger partial charge on any atom is -0.238 e. The highest BCUT2D eigenvalue weighted by atomic mass is 32.2. The second kappa shape index (κ2) is 5.37. The van der Waals surface area contributed by atoms with Gasteiger partial charge in [0.05, 0.1) is 16.0 Å². The van der Waals surface area contributed by atoms with Gasteiger partial charge in [-0.3, -0.25) is 0 Å². The summed E-state index contributed by atoms with van der Waals surface area (Å²) >= 11 is 0. The van der Waals surface area contributed by atoms with Crippen LogP contribution < -0.4 is 0 Å². The van der Waals surface area contributed by atoms with E-state index in [0.717, 1.165) is 10.0 Å². The van der Waals surface area contributed by atoms with Gasteiger partial charge in [0.25, 0.3) is 10.0 Å². The maximum atomic E-state index is 13.2. The van der Waals surface area contributed by atoms with Crippen LogP contribution >= 0.6 is 0 Å². The molecule has 0 N–H and O–H groups in total. The summed E-state index contributed by atoms with van der Waals surface area (Å²) in [4.78, 5) is 0.0275. The third kappa shape index (κ3) is 2.58. The number of alkyl halides is 3. The Morgan fingerprint density at radius 2 is 1.58 bits per heavy atom. The van der Waals surface area contributed by atoms with Crippen LogP contribution in [-0.4, -0.2) is 12.4 Å². The number of benzene rings is 2. The minimum atomic E-state index is -4.54. The molecule has 3 aromatic rings. The summed E-state index contributed by atoms with van der Waals surface area (Å²) in [6, 6.07) is 11.5. The average Bonchev–Trinajstić information content (AvgIpc) is 2.81. The Labute approximate surface area is 137 Å². The molecule has 0 fully saturated rings. The number of hydrogen-bond donors (Lipinski definition) is 0. The van der Waals surface area contributed by atoms with Crippen molar-refractivity contribution in [3.8, 4) is 0 Å². The average molecular weight is 353 g/mol. The Morgan fingerprint density at radius 3 is 2.17 bits per heavy atom. The third-order valence-electron chi connectivity index (χ3n) is 3.86. The summed E-state index contributed by atoms with van der Waals surface area (Å²) in [5.74, 6) is 0. The van der Waals surface area contributed by atoms with Crippen molar-refractivity contribution >= 4 is 20.9 Å². The van der Waals surface area contributed by atoms with E-state index in [1.807, 2.05) is 0 Å². The van der Waals surface area contributed by atoms with E-state index in [1.54, 1.807) is 31.2 Å². The Bertz CT molecular complexity index is 1020. The summed E-state index contributed by atoms with van der Waals surface area (Å²) in [5, 5.41) is 0.456. The molecule has 0 saturated heterocycles. The summed E-state index contributed by atoms with van der Waals surface area (Å²) in [7, 11) is -3.98. The van der Waals surface area contributed by atoms with E-state index in [0.29, 0.717) is 11.1 Å². The van der Waals surface area contributed by atoms with Crippen LogP contribution in [0.2, 0.25) is 0 Å². The van der Waals surface area contributed by atoms with E-state index in [2.05, 4.69) is 0 Å². The quantitative estimate of drug-likeness (QED) is 0.680. The molecule has 0 atom stereocenters. The van der Waals surface area contributed by atoms with Gasteiger partial charge in [-0.15, -0.1) is 0 Å². The van der Waals surface area contributed by atoms with Gasteiger partial charge in [0.1, 0.15) is 0 Å². The largest absolute Gasteiger partial charge is 0.416 e. The molecule has 0 aliphatic heterocycles. The van der Waals surface area contributed by atoms with Gasteiger partial charge in [-0.25, -0.2) is 12.4 Å². The second-order valence-electron chi connectivity index (χ2n) is 5.59. The predicted molar refractivity (Wildman–Crippen MR) is 85.4 cm³/mol. The number of aromatic nitrogens is 1. The highest BCUT2D eigenvalue weighted by Gasteiger charge is 2.33. The number of halogens is 3. The van der Waals surface area contributed by atoms with Crippen LogP contribution in [0, 0.1) is 13.8 Å². The van der Waals surface area contributed by atoms with Crippen LogP contribution in [0.25, 0.3) is 10.9 Å². The minimum absolute atomic E-state index is 0.0225. The Balaban J connectivity index is 2.35. The Morgan fingerprint density at radius 1 is 0.958 bits per heavy atom. The zero-order valence-electron chi connectivity index (χ0n) is 12.9. The highest BCUT2D eigenvalue weighted by molar-refractivity contribution is 7.90. The molecule has 126 valence electrons. The van der Waals surface area contributed by atoms with Crippen LogP contribution in [0.1, 0.15) is 16.8 Å². The number of hydrogen-bond acceptors (Lipinski definition) is 2. The molecule has 0 unspecified atom stereocenters. The number of nitrogens with zero attached hydrogens (tertiary/aromatic N) is 1. The lowest BCUT2D eigenvalue weighted by atomic mass is 10.1. The SMILES string of the molecule is Cc1cc2cc(C)n(S(=O)(=O)c3ccccc3)c2cc1C(F)(F)F. The molecule has 0 saturated carbocycles. The normalized spacial score (nSPS) is 12.7. The van der Waals surface area contributed by atoms with Gasteiger partial charge < -0.3 is 0 Å². The van der Waals surface area contributed by atoms with Gasteiger partial charge in [-0.2, -0.15) is 13.2 Å². The van der Waals surface area contributed by atoms with Gasteiger partial charge in [0.2, 0.25) is 0 Å². The molecule has 3 nitrogen and oxygen atoms in total. The first-order valence-electron chi connectivity index (χ1n) is 7.13. The fourth-order valence-corrected chi connectivity index (χ4v) is 4.37. The predicted octanol–water partition coefficient (Wildman–Crippen LogP) is 4.51. The zero-order valence-corrected chi connectivity index (χ0v) is 13.7. The lowest BCUT2D eigenvalue weighted by Crippen LogP contribution is -2.15. The molecule has 3 rings (SSSR count). The smallest absolute Gasteiger partial charge is 0.238 e. The molecule has 0 spiro atoms. The molecule has 0 amide bonds. The fraction of sp³-hybridized carbons (Fsp3) is 0.176. The number of rotatable bonds is 2. The summed E-state index contributed by atoms with van der Waals surface area (Å²) < 4.78 is 66.2. The van der Waals surface area contributed by atoms with Gasteiger partial charge in [0.15, 0.2) is 0 Å². The van der Waals surface area contributed by atoms with E-state index in [9.17, 15) is 21.6 Å². The van der Waals surface area contributed by atoms with Crippen LogP contribution in [0.4, 0.5) is 13.2 Å². The maximum Gasteiger partial charge on any atom is 0.416 e. The summed E-state index contributed by atoms with van der Waals surface area (Å²) in [6.45, 7) is 2.92. The molecule has 1 heterocycles. The van der Waals surface area contributed by atoms with Crippen molar-refractivity contribution in [2.24, 2.45) is 0 Å². The molecule has 1 aromatic heterocycles. The monoisotopic (exact) mass is 353 g/mol. The molecular formula is C17H14F3NO2S. The molecule has 0 aliphatic carbocycles. The molecular weight excluding hydrogens is 339 g/mol. The molecule has 0 radical (unpaired) electrons. The first-order chi connectivity index (χ1) is 11.1. The van der Waals surface area contributed by atoms with Crippen LogP contribution in [0.5, 0.6) is 0 Å². The van der Waals surface area contributed by atoms with Crippen molar-refractivity contribution < 1.29 is 21.6 Å². The molecule has 0 bridgehead atoms. The van der Waals surface area contributed by atoms with Crippen molar-refractivity contribution in [2.75, 3.05) is 0 Å². The first kappa shape index (κ1) is 16.6. The first-order valence-corrected chi connectivity index (χ1v) is 8.57. The van der Waals surface area contributed by atoms with E-state index in [1.165, 1.54) is 25.1 Å². The number of fused-ring (bicyclic) bond motifs is 1. The summed E-state index contributed by atoms with van der Waals surface area (Å²) in [5.41, 5.74) is -0.399. The lowest BCUT2D eigenvalue weighted by molar-refractivity contribution is -0.137. The van der Waals surface area contributed by atoms with Crippen LogP contribution in [0.15, 0.2) is 53.4 Å². The standard InChI is InChI=1S/C17H14F3NO2S/c1-11-8-13-9-12(2)21(16(13)10-15(11)17(18,19)20)24(22,23)14-6-4-3-5-7-14/h3-10H,1-2H3. The van der Waals surface area contributed by atoms with Crippen molar-refractivity contribution in [1.29, 1.82) is 0 Å². The van der Waals surface area contributed by atoms with Crippen molar-refractivity contribution in [3.05, 3.63) is 65.4 Å².